The number of thiazole rings is 1. The summed E-state index contributed by atoms with van der Waals surface area (Å²) in [5, 5.41) is 5.56. The molecule has 0 bridgehead atoms. The molecule has 32 heavy (non-hydrogen) atoms. The van der Waals surface area contributed by atoms with Crippen molar-refractivity contribution in [3.63, 3.8) is 0 Å². The van der Waals surface area contributed by atoms with Crippen LogP contribution >= 0.6 is 11.3 Å². The number of ether oxygens (including phenoxy) is 1. The number of alkyl carbamates (subject to hydrolysis) is 1. The van der Waals surface area contributed by atoms with Crippen molar-refractivity contribution in [1.82, 2.24) is 10.3 Å². The van der Waals surface area contributed by atoms with Crippen LogP contribution in [0, 0.1) is 0 Å². The number of nitrogens with one attached hydrogen (secondary N) is 1. The predicted molar refractivity (Wildman–Crippen MR) is 123 cm³/mol. The number of amides is 1. The van der Waals surface area contributed by atoms with Crippen LogP contribution in [-0.4, -0.2) is 29.6 Å². The van der Waals surface area contributed by atoms with Crippen molar-refractivity contribution in [2.75, 3.05) is 0 Å². The second kappa shape index (κ2) is 9.81. The summed E-state index contributed by atoms with van der Waals surface area (Å²) in [6, 6.07) is 16.0. The fraction of sp³-hybridized carbons (Fsp3) is 0.304. The maximum atomic E-state index is 12.5. The minimum Gasteiger partial charge on any atom is -0.748 e. The lowest BCUT2D eigenvalue weighted by Gasteiger charge is -2.23. The summed E-state index contributed by atoms with van der Waals surface area (Å²) in [6.45, 7) is 5.38. The Morgan fingerprint density at radius 3 is 2.31 bits per heavy atom. The summed E-state index contributed by atoms with van der Waals surface area (Å²) < 4.78 is 38.4. The predicted octanol–water partition coefficient (Wildman–Crippen LogP) is 4.66. The van der Waals surface area contributed by atoms with E-state index in [9.17, 15) is 17.8 Å². The van der Waals surface area contributed by atoms with Crippen molar-refractivity contribution in [2.24, 2.45) is 0 Å². The summed E-state index contributed by atoms with van der Waals surface area (Å²) in [7, 11) is -4.34. The van der Waals surface area contributed by atoms with Crippen LogP contribution < -0.4 is 5.32 Å². The van der Waals surface area contributed by atoms with Gasteiger partial charge in [-0.2, -0.15) is 0 Å². The van der Waals surface area contributed by atoms with Gasteiger partial charge in [0.1, 0.15) is 10.6 Å². The molecule has 3 rings (SSSR count). The molecule has 0 saturated carbocycles. The van der Waals surface area contributed by atoms with Crippen molar-refractivity contribution in [2.45, 2.75) is 44.6 Å². The zero-order valence-electron chi connectivity index (χ0n) is 18.1. The number of carbonyl (C=O) groups excluding carboxylic acids is 1. The smallest absolute Gasteiger partial charge is 0.408 e. The van der Waals surface area contributed by atoms with Gasteiger partial charge in [-0.05, 0) is 38.3 Å². The molecule has 0 aliphatic heterocycles. The van der Waals surface area contributed by atoms with Crippen molar-refractivity contribution < 1.29 is 22.5 Å². The van der Waals surface area contributed by atoms with Gasteiger partial charge in [0.2, 0.25) is 0 Å². The first-order chi connectivity index (χ1) is 15.0. The molecule has 1 heterocycles. The van der Waals surface area contributed by atoms with Crippen LogP contribution in [0.25, 0.3) is 11.3 Å². The molecule has 0 fully saturated rings. The summed E-state index contributed by atoms with van der Waals surface area (Å²) >= 11 is 1.44. The highest BCUT2D eigenvalue weighted by atomic mass is 32.2. The monoisotopic (exact) mass is 473 g/mol. The molecular weight excluding hydrogens is 448 g/mol. The van der Waals surface area contributed by atoms with Crippen molar-refractivity contribution in [3.05, 3.63) is 76.1 Å². The first-order valence-electron chi connectivity index (χ1n) is 10.0. The van der Waals surface area contributed by atoms with Gasteiger partial charge in [0.15, 0.2) is 0 Å². The SMILES string of the molecule is CC(C)(C)OC(=O)N[C@@H](Cc1ccc(CS(=O)(=O)[O-])cc1)c1nc(-c2ccccc2)cs1. The van der Waals surface area contributed by atoms with E-state index in [1.165, 1.54) is 11.3 Å². The number of carbonyl (C=O) groups is 1. The summed E-state index contributed by atoms with van der Waals surface area (Å²) in [5.74, 6) is -0.556. The van der Waals surface area contributed by atoms with Crippen molar-refractivity contribution >= 4 is 27.5 Å². The van der Waals surface area contributed by atoms with Crippen LogP contribution in [0.15, 0.2) is 60.0 Å². The first kappa shape index (κ1) is 23.9. The van der Waals surface area contributed by atoms with Crippen LogP contribution in [0.3, 0.4) is 0 Å². The van der Waals surface area contributed by atoms with Crippen LogP contribution in [-0.2, 0) is 27.0 Å². The molecule has 170 valence electrons. The molecule has 1 aromatic heterocycles. The van der Waals surface area contributed by atoms with Gasteiger partial charge in [0.25, 0.3) is 0 Å². The van der Waals surface area contributed by atoms with Gasteiger partial charge in [-0.1, -0.05) is 54.6 Å². The molecule has 3 aromatic rings. The third-order valence-electron chi connectivity index (χ3n) is 4.39. The van der Waals surface area contributed by atoms with Gasteiger partial charge < -0.3 is 14.6 Å². The highest BCUT2D eigenvalue weighted by Gasteiger charge is 2.23. The third-order valence-corrected chi connectivity index (χ3v) is 6.03. The van der Waals surface area contributed by atoms with E-state index in [1.807, 2.05) is 35.7 Å². The maximum Gasteiger partial charge on any atom is 0.408 e. The molecule has 2 aromatic carbocycles. The van der Waals surface area contributed by atoms with Crippen LogP contribution in [0.4, 0.5) is 4.79 Å². The fourth-order valence-electron chi connectivity index (χ4n) is 3.05. The molecule has 1 N–H and O–H groups in total. The highest BCUT2D eigenvalue weighted by Crippen LogP contribution is 2.28. The lowest BCUT2D eigenvalue weighted by atomic mass is 10.0. The summed E-state index contributed by atoms with van der Waals surface area (Å²) in [6.07, 6.45) is -0.126. The number of hydrogen-bond donors (Lipinski definition) is 1. The van der Waals surface area contributed by atoms with Gasteiger partial charge in [0, 0.05) is 10.9 Å². The maximum absolute atomic E-state index is 12.5. The zero-order valence-corrected chi connectivity index (χ0v) is 19.7. The number of rotatable bonds is 7. The van der Waals surface area contributed by atoms with E-state index >= 15 is 0 Å². The molecule has 0 unspecified atom stereocenters. The quantitative estimate of drug-likeness (QED) is 0.500. The van der Waals surface area contributed by atoms with Crippen molar-refractivity contribution in [3.8, 4) is 11.3 Å². The fourth-order valence-corrected chi connectivity index (χ4v) is 4.53. The molecule has 0 saturated heterocycles. The Labute approximate surface area is 192 Å². The van der Waals surface area contributed by atoms with E-state index in [0.29, 0.717) is 12.0 Å². The normalized spacial score (nSPS) is 12.9. The Morgan fingerprint density at radius 1 is 1.09 bits per heavy atom. The first-order valence-corrected chi connectivity index (χ1v) is 12.5. The van der Waals surface area contributed by atoms with E-state index < -0.39 is 33.6 Å². The van der Waals surface area contributed by atoms with Gasteiger partial charge >= 0.3 is 6.09 Å². The molecule has 0 aliphatic carbocycles. The third kappa shape index (κ3) is 7.44. The summed E-state index contributed by atoms with van der Waals surface area (Å²) in [5.41, 5.74) is 2.43. The van der Waals surface area contributed by atoms with Crippen molar-refractivity contribution in [1.29, 1.82) is 0 Å². The molecule has 7 nitrogen and oxygen atoms in total. The van der Waals surface area contributed by atoms with Gasteiger partial charge in [0.05, 0.1) is 27.6 Å². The Kier molecular flexibility index (Phi) is 7.33. The topological polar surface area (TPSA) is 108 Å². The Balaban J connectivity index is 1.83. The second-order valence-electron chi connectivity index (χ2n) is 8.36. The number of benzene rings is 2. The Hall–Kier alpha value is -2.75. The Morgan fingerprint density at radius 2 is 1.72 bits per heavy atom. The minimum atomic E-state index is -4.34. The van der Waals surface area contributed by atoms with E-state index in [4.69, 9.17) is 9.72 Å². The Bertz CT molecular complexity index is 1150. The van der Waals surface area contributed by atoms with Crippen LogP contribution in [0.2, 0.25) is 0 Å². The van der Waals surface area contributed by atoms with Crippen LogP contribution in [0.5, 0.6) is 0 Å². The van der Waals surface area contributed by atoms with Gasteiger partial charge in [-0.25, -0.2) is 18.2 Å². The largest absolute Gasteiger partial charge is 0.748 e. The van der Waals surface area contributed by atoms with E-state index in [0.717, 1.165) is 21.8 Å². The lowest BCUT2D eigenvalue weighted by molar-refractivity contribution is 0.0503. The molecule has 1 atom stereocenters. The highest BCUT2D eigenvalue weighted by molar-refractivity contribution is 7.84. The van der Waals surface area contributed by atoms with E-state index in [2.05, 4.69) is 5.32 Å². The van der Waals surface area contributed by atoms with Gasteiger partial charge in [-0.3, -0.25) is 0 Å². The lowest BCUT2D eigenvalue weighted by Crippen LogP contribution is -2.35. The number of nitrogens with zero attached hydrogens (tertiary/aromatic N) is 1. The summed E-state index contributed by atoms with van der Waals surface area (Å²) in [4.78, 5) is 17.2. The van der Waals surface area contributed by atoms with E-state index in [1.54, 1.807) is 45.0 Å². The number of aromatic nitrogens is 1. The molecule has 1 amide bonds. The standard InChI is InChI=1S/C23H26N2O5S2/c1-23(2,3)30-22(26)25-19(13-16-9-11-17(12-10-16)15-32(27,28)29)21-24-20(14-31-21)18-7-5-4-6-8-18/h4-12,14,19H,13,15H2,1-3H3,(H,25,26)(H,27,28,29)/p-1/t19-/m0/s1. The number of hydrogen-bond acceptors (Lipinski definition) is 7. The van der Waals surface area contributed by atoms with Crippen LogP contribution in [0.1, 0.15) is 42.9 Å². The molecule has 0 spiro atoms. The average molecular weight is 474 g/mol. The minimum absolute atomic E-state index is 0.418. The molecule has 9 heteroatoms. The zero-order chi connectivity index (χ0) is 23.4. The molecule has 0 aliphatic rings. The average Bonchev–Trinajstić information content (AvgIpc) is 3.17. The van der Waals surface area contributed by atoms with Gasteiger partial charge in [-0.15, -0.1) is 11.3 Å². The van der Waals surface area contributed by atoms with E-state index in [-0.39, 0.29) is 0 Å². The molecule has 0 radical (unpaired) electrons. The second-order valence-corrected chi connectivity index (χ2v) is 10.7. The molecular formula is C23H25N2O5S2-.